The number of likely N-dealkylation sites (N-methyl/N-ethyl adjacent to an activating group) is 1. The van der Waals surface area contributed by atoms with Gasteiger partial charge in [0.1, 0.15) is 5.75 Å². The molecule has 0 bridgehead atoms. The minimum absolute atomic E-state index is 0.0467. The summed E-state index contributed by atoms with van der Waals surface area (Å²) in [5.74, 6) is 0.647. The number of piperazine rings is 1. The van der Waals surface area contributed by atoms with Crippen LogP contribution in [0.5, 0.6) is 5.75 Å². The molecule has 116 valence electrons. The molecule has 0 atom stereocenters. The van der Waals surface area contributed by atoms with Gasteiger partial charge in [0.25, 0.3) is 0 Å². The number of nitrogens with one attached hydrogen (secondary N) is 1. The second kappa shape index (κ2) is 7.26. The Morgan fingerprint density at radius 2 is 2.10 bits per heavy atom. The van der Waals surface area contributed by atoms with Crippen molar-refractivity contribution in [2.75, 3.05) is 40.3 Å². The van der Waals surface area contributed by atoms with Crippen LogP contribution in [-0.2, 0) is 6.54 Å². The summed E-state index contributed by atoms with van der Waals surface area (Å²) in [6.45, 7) is 4.87. The zero-order chi connectivity index (χ0) is 15.2. The van der Waals surface area contributed by atoms with Gasteiger partial charge in [0, 0.05) is 32.7 Å². The molecule has 4 N–H and O–H groups in total. The Morgan fingerprint density at radius 3 is 2.71 bits per heavy atom. The molecular formula is C14H23N5O2. The van der Waals surface area contributed by atoms with Crippen LogP contribution >= 0.6 is 0 Å². The van der Waals surface area contributed by atoms with Crippen LogP contribution in [0.3, 0.4) is 0 Å². The average molecular weight is 293 g/mol. The van der Waals surface area contributed by atoms with Crippen molar-refractivity contribution in [2.24, 2.45) is 10.9 Å². The van der Waals surface area contributed by atoms with Crippen molar-refractivity contribution in [3.8, 4) is 5.75 Å². The normalized spacial score (nSPS) is 17.9. The van der Waals surface area contributed by atoms with Crippen LogP contribution < -0.4 is 15.9 Å². The molecule has 0 unspecified atom stereocenters. The van der Waals surface area contributed by atoms with Gasteiger partial charge in [-0.1, -0.05) is 11.2 Å². The molecular weight excluding hydrogens is 270 g/mol. The maximum atomic E-state index is 8.76. The number of hydrogen-bond acceptors (Lipinski definition) is 6. The number of benzene rings is 1. The first kappa shape index (κ1) is 15.6. The molecule has 1 aromatic rings. The number of amidine groups is 1. The lowest BCUT2D eigenvalue weighted by Gasteiger charge is -2.32. The quantitative estimate of drug-likeness (QED) is 0.308. The standard InChI is InChI=1S/C14H23N5O2/c1-18-5-7-19(8-6-18)16-10-11-3-4-12(14(15)17-20)13(9-11)21-2/h3-4,9,16,20H,5-8,10H2,1-2H3,(H2,15,17). The van der Waals surface area contributed by atoms with Crippen LogP contribution in [0.2, 0.25) is 0 Å². The van der Waals surface area contributed by atoms with E-state index in [0.29, 0.717) is 11.3 Å². The fourth-order valence-electron chi connectivity index (χ4n) is 2.28. The fourth-order valence-corrected chi connectivity index (χ4v) is 2.28. The molecule has 7 nitrogen and oxygen atoms in total. The molecule has 1 fully saturated rings. The number of ether oxygens (including phenoxy) is 1. The summed E-state index contributed by atoms with van der Waals surface area (Å²) < 4.78 is 5.29. The van der Waals surface area contributed by atoms with E-state index in [2.05, 4.69) is 27.5 Å². The van der Waals surface area contributed by atoms with Gasteiger partial charge in [-0.15, -0.1) is 0 Å². The second-order valence-corrected chi connectivity index (χ2v) is 5.15. The average Bonchev–Trinajstić information content (AvgIpc) is 2.53. The van der Waals surface area contributed by atoms with Gasteiger partial charge in [0.15, 0.2) is 5.84 Å². The van der Waals surface area contributed by atoms with Crippen LogP contribution in [0, 0.1) is 0 Å². The monoisotopic (exact) mass is 293 g/mol. The largest absolute Gasteiger partial charge is 0.496 e. The van der Waals surface area contributed by atoms with E-state index in [4.69, 9.17) is 15.7 Å². The van der Waals surface area contributed by atoms with Gasteiger partial charge in [0.2, 0.25) is 0 Å². The predicted octanol–water partition coefficient (Wildman–Crippen LogP) is 0.0417. The van der Waals surface area contributed by atoms with Gasteiger partial charge in [-0.05, 0) is 24.7 Å². The Kier molecular flexibility index (Phi) is 5.38. The zero-order valence-corrected chi connectivity index (χ0v) is 12.5. The summed E-state index contributed by atoms with van der Waals surface area (Å²) in [5.41, 5.74) is 10.7. The topological polar surface area (TPSA) is 86.4 Å². The van der Waals surface area contributed by atoms with E-state index in [1.165, 1.54) is 0 Å². The number of hydrogen-bond donors (Lipinski definition) is 3. The molecule has 0 amide bonds. The molecule has 0 saturated carbocycles. The fraction of sp³-hybridized carbons (Fsp3) is 0.500. The third kappa shape index (κ3) is 4.07. The maximum absolute atomic E-state index is 8.76. The number of rotatable bonds is 5. The first-order chi connectivity index (χ1) is 10.1. The van der Waals surface area contributed by atoms with Crippen molar-refractivity contribution >= 4 is 5.84 Å². The van der Waals surface area contributed by atoms with Gasteiger partial charge in [0.05, 0.1) is 12.7 Å². The molecule has 1 heterocycles. The van der Waals surface area contributed by atoms with Crippen LogP contribution in [0.1, 0.15) is 11.1 Å². The van der Waals surface area contributed by atoms with Crippen LogP contribution in [-0.4, -0.2) is 61.3 Å². The highest BCUT2D eigenvalue weighted by atomic mass is 16.5. The van der Waals surface area contributed by atoms with E-state index in [1.54, 1.807) is 13.2 Å². The number of oxime groups is 1. The smallest absolute Gasteiger partial charge is 0.173 e. The summed E-state index contributed by atoms with van der Waals surface area (Å²) in [4.78, 5) is 2.31. The van der Waals surface area contributed by atoms with E-state index in [0.717, 1.165) is 38.3 Å². The lowest BCUT2D eigenvalue weighted by Crippen LogP contribution is -2.50. The maximum Gasteiger partial charge on any atom is 0.173 e. The number of nitrogens with zero attached hydrogens (tertiary/aromatic N) is 3. The second-order valence-electron chi connectivity index (χ2n) is 5.15. The molecule has 0 aliphatic carbocycles. The lowest BCUT2D eigenvalue weighted by molar-refractivity contribution is 0.102. The first-order valence-electron chi connectivity index (χ1n) is 6.96. The predicted molar refractivity (Wildman–Crippen MR) is 81.4 cm³/mol. The third-order valence-corrected chi connectivity index (χ3v) is 3.66. The van der Waals surface area contributed by atoms with E-state index in [9.17, 15) is 0 Å². The Hall–Kier alpha value is -1.83. The molecule has 2 rings (SSSR count). The summed E-state index contributed by atoms with van der Waals surface area (Å²) in [6.07, 6.45) is 0. The molecule has 1 aromatic carbocycles. The SMILES string of the molecule is COc1cc(CNN2CCN(C)CC2)ccc1/C(N)=N/O. The minimum atomic E-state index is 0.0467. The number of methoxy groups -OCH3 is 1. The number of hydrazine groups is 1. The van der Waals surface area contributed by atoms with E-state index >= 15 is 0 Å². The zero-order valence-electron chi connectivity index (χ0n) is 12.5. The van der Waals surface area contributed by atoms with Crippen molar-refractivity contribution in [1.29, 1.82) is 0 Å². The Bertz CT molecular complexity index is 498. The van der Waals surface area contributed by atoms with Crippen molar-refractivity contribution < 1.29 is 9.94 Å². The lowest BCUT2D eigenvalue weighted by atomic mass is 10.1. The molecule has 1 aliphatic heterocycles. The molecule has 1 aliphatic rings. The highest BCUT2D eigenvalue weighted by Gasteiger charge is 2.14. The van der Waals surface area contributed by atoms with Gasteiger partial charge >= 0.3 is 0 Å². The van der Waals surface area contributed by atoms with Crippen molar-refractivity contribution in [1.82, 2.24) is 15.3 Å². The Morgan fingerprint density at radius 1 is 1.38 bits per heavy atom. The Balaban J connectivity index is 1.98. The molecule has 0 aromatic heterocycles. The van der Waals surface area contributed by atoms with Crippen molar-refractivity contribution in [3.63, 3.8) is 0 Å². The first-order valence-corrected chi connectivity index (χ1v) is 6.96. The highest BCUT2D eigenvalue weighted by molar-refractivity contribution is 5.99. The van der Waals surface area contributed by atoms with Gasteiger partial charge < -0.3 is 20.6 Å². The van der Waals surface area contributed by atoms with Crippen LogP contribution in [0.4, 0.5) is 0 Å². The van der Waals surface area contributed by atoms with Crippen molar-refractivity contribution in [3.05, 3.63) is 29.3 Å². The molecule has 7 heteroatoms. The van der Waals surface area contributed by atoms with E-state index < -0.39 is 0 Å². The summed E-state index contributed by atoms with van der Waals surface area (Å²) >= 11 is 0. The molecule has 21 heavy (non-hydrogen) atoms. The van der Waals surface area contributed by atoms with E-state index in [-0.39, 0.29) is 5.84 Å². The van der Waals surface area contributed by atoms with Gasteiger partial charge in [-0.3, -0.25) is 5.43 Å². The molecule has 1 saturated heterocycles. The van der Waals surface area contributed by atoms with Gasteiger partial charge in [-0.2, -0.15) is 0 Å². The van der Waals surface area contributed by atoms with E-state index in [1.807, 2.05) is 12.1 Å². The minimum Gasteiger partial charge on any atom is -0.496 e. The summed E-state index contributed by atoms with van der Waals surface area (Å²) in [6, 6.07) is 5.64. The summed E-state index contributed by atoms with van der Waals surface area (Å²) in [5, 5.41) is 14.0. The van der Waals surface area contributed by atoms with Crippen LogP contribution in [0.15, 0.2) is 23.4 Å². The summed E-state index contributed by atoms with van der Waals surface area (Å²) in [7, 11) is 3.70. The number of nitrogens with two attached hydrogens (primary N) is 1. The molecule has 0 spiro atoms. The third-order valence-electron chi connectivity index (χ3n) is 3.66. The Labute approximate surface area is 124 Å². The highest BCUT2D eigenvalue weighted by Crippen LogP contribution is 2.20. The molecule has 0 radical (unpaired) electrons. The van der Waals surface area contributed by atoms with Crippen LogP contribution in [0.25, 0.3) is 0 Å². The van der Waals surface area contributed by atoms with Crippen molar-refractivity contribution in [2.45, 2.75) is 6.54 Å². The van der Waals surface area contributed by atoms with Gasteiger partial charge in [-0.25, -0.2) is 5.01 Å².